The van der Waals surface area contributed by atoms with E-state index < -0.39 is 0 Å². The molecule has 1 aromatic heterocycles. The van der Waals surface area contributed by atoms with Crippen molar-refractivity contribution in [2.24, 2.45) is 0 Å². The standard InChI is InChI=1S/C19H14N4OS/c1-13-6-5-7-14(10-13)11-16(12-20)18-22-23-19(25-18)21-17(24)15-8-3-2-4-9-15/h2-11H,1H3,(H,21,23,24). The van der Waals surface area contributed by atoms with Gasteiger partial charge in [-0.3, -0.25) is 10.1 Å². The van der Waals surface area contributed by atoms with Gasteiger partial charge in [-0.05, 0) is 30.7 Å². The van der Waals surface area contributed by atoms with Crippen LogP contribution in [0.15, 0.2) is 54.6 Å². The van der Waals surface area contributed by atoms with Gasteiger partial charge >= 0.3 is 0 Å². The molecule has 3 rings (SSSR count). The van der Waals surface area contributed by atoms with E-state index in [0.717, 1.165) is 11.1 Å². The van der Waals surface area contributed by atoms with E-state index in [-0.39, 0.29) is 5.91 Å². The van der Waals surface area contributed by atoms with Crippen LogP contribution >= 0.6 is 11.3 Å². The molecule has 0 radical (unpaired) electrons. The number of rotatable bonds is 4. The van der Waals surface area contributed by atoms with Crippen molar-refractivity contribution in [3.05, 3.63) is 76.3 Å². The van der Waals surface area contributed by atoms with Crippen molar-refractivity contribution >= 4 is 34.0 Å². The molecule has 0 bridgehead atoms. The fourth-order valence-corrected chi connectivity index (χ4v) is 2.91. The number of hydrogen-bond donors (Lipinski definition) is 1. The van der Waals surface area contributed by atoms with Gasteiger partial charge in [-0.25, -0.2) is 0 Å². The van der Waals surface area contributed by atoms with Crippen molar-refractivity contribution in [1.29, 1.82) is 5.26 Å². The van der Waals surface area contributed by atoms with Crippen LogP contribution in [-0.4, -0.2) is 16.1 Å². The number of benzene rings is 2. The normalized spacial score (nSPS) is 11.0. The van der Waals surface area contributed by atoms with Crippen LogP contribution < -0.4 is 5.32 Å². The zero-order valence-electron chi connectivity index (χ0n) is 13.4. The summed E-state index contributed by atoms with van der Waals surface area (Å²) in [6.07, 6.45) is 1.76. The SMILES string of the molecule is Cc1cccc(C=C(C#N)c2nnc(NC(=O)c3ccccc3)s2)c1. The molecule has 0 spiro atoms. The summed E-state index contributed by atoms with van der Waals surface area (Å²) in [7, 11) is 0. The van der Waals surface area contributed by atoms with Crippen LogP contribution in [0.1, 0.15) is 26.5 Å². The Hall–Kier alpha value is -3.30. The average Bonchev–Trinajstić information content (AvgIpc) is 3.08. The summed E-state index contributed by atoms with van der Waals surface area (Å²) in [5, 5.41) is 20.9. The number of aromatic nitrogens is 2. The number of carbonyl (C=O) groups is 1. The Bertz CT molecular complexity index is 970. The lowest BCUT2D eigenvalue weighted by Gasteiger charge is -1.99. The highest BCUT2D eigenvalue weighted by Crippen LogP contribution is 2.24. The molecule has 1 amide bonds. The lowest BCUT2D eigenvalue weighted by atomic mass is 10.1. The van der Waals surface area contributed by atoms with E-state index in [2.05, 4.69) is 21.6 Å². The first-order chi connectivity index (χ1) is 12.2. The van der Waals surface area contributed by atoms with Gasteiger partial charge in [-0.1, -0.05) is 59.4 Å². The highest BCUT2D eigenvalue weighted by Gasteiger charge is 2.12. The second-order valence-corrected chi connectivity index (χ2v) is 6.29. The van der Waals surface area contributed by atoms with Crippen LogP contribution in [0.2, 0.25) is 0 Å². The molecule has 1 heterocycles. The summed E-state index contributed by atoms with van der Waals surface area (Å²) < 4.78 is 0. The van der Waals surface area contributed by atoms with Crippen molar-refractivity contribution in [2.45, 2.75) is 6.92 Å². The Morgan fingerprint density at radius 2 is 1.96 bits per heavy atom. The van der Waals surface area contributed by atoms with E-state index in [1.165, 1.54) is 11.3 Å². The maximum atomic E-state index is 12.1. The minimum atomic E-state index is -0.260. The Kier molecular flexibility index (Phi) is 4.97. The number of allylic oxidation sites excluding steroid dienone is 1. The first-order valence-corrected chi connectivity index (χ1v) is 8.36. The monoisotopic (exact) mass is 346 g/mol. The van der Waals surface area contributed by atoms with E-state index in [4.69, 9.17) is 0 Å². The first kappa shape index (κ1) is 16.6. The number of aryl methyl sites for hydroxylation is 1. The molecule has 0 aliphatic carbocycles. The summed E-state index contributed by atoms with van der Waals surface area (Å²) in [6, 6.07) is 18.8. The van der Waals surface area contributed by atoms with Gasteiger partial charge in [0.25, 0.3) is 5.91 Å². The number of amides is 1. The van der Waals surface area contributed by atoms with Crippen LogP contribution in [-0.2, 0) is 0 Å². The molecule has 2 aromatic carbocycles. The van der Waals surface area contributed by atoms with Gasteiger partial charge in [-0.2, -0.15) is 5.26 Å². The van der Waals surface area contributed by atoms with Crippen LogP contribution in [0, 0.1) is 18.3 Å². The van der Waals surface area contributed by atoms with E-state index in [9.17, 15) is 10.1 Å². The summed E-state index contributed by atoms with van der Waals surface area (Å²) in [5.74, 6) is -0.260. The van der Waals surface area contributed by atoms with Gasteiger partial charge in [-0.15, -0.1) is 10.2 Å². The lowest BCUT2D eigenvalue weighted by Crippen LogP contribution is -2.11. The largest absolute Gasteiger partial charge is 0.296 e. The van der Waals surface area contributed by atoms with E-state index >= 15 is 0 Å². The summed E-state index contributed by atoms with van der Waals surface area (Å²) >= 11 is 1.17. The first-order valence-electron chi connectivity index (χ1n) is 7.54. The van der Waals surface area contributed by atoms with Crippen molar-refractivity contribution < 1.29 is 4.79 Å². The van der Waals surface area contributed by atoms with E-state index in [1.807, 2.05) is 37.3 Å². The van der Waals surface area contributed by atoms with Gasteiger partial charge in [0.05, 0.1) is 5.57 Å². The molecule has 0 unspecified atom stereocenters. The Morgan fingerprint density at radius 1 is 1.16 bits per heavy atom. The zero-order chi connectivity index (χ0) is 17.6. The van der Waals surface area contributed by atoms with Crippen molar-refractivity contribution in [1.82, 2.24) is 10.2 Å². The van der Waals surface area contributed by atoms with Gasteiger partial charge in [0.2, 0.25) is 5.13 Å². The van der Waals surface area contributed by atoms with Crippen LogP contribution in [0.4, 0.5) is 5.13 Å². The Morgan fingerprint density at radius 3 is 2.68 bits per heavy atom. The number of nitriles is 1. The highest BCUT2D eigenvalue weighted by molar-refractivity contribution is 7.16. The Labute approximate surface area is 149 Å². The molecule has 5 nitrogen and oxygen atoms in total. The third-order valence-electron chi connectivity index (χ3n) is 3.39. The van der Waals surface area contributed by atoms with E-state index in [1.54, 1.807) is 30.3 Å². The smallest absolute Gasteiger partial charge is 0.257 e. The number of carbonyl (C=O) groups excluding carboxylic acids is 1. The maximum Gasteiger partial charge on any atom is 0.257 e. The second-order valence-electron chi connectivity index (χ2n) is 5.32. The Balaban J connectivity index is 1.80. The third kappa shape index (κ3) is 4.16. The van der Waals surface area contributed by atoms with E-state index in [0.29, 0.717) is 21.3 Å². The molecule has 0 fully saturated rings. The summed E-state index contributed by atoms with van der Waals surface area (Å²) in [4.78, 5) is 12.1. The molecule has 1 N–H and O–H groups in total. The molecule has 25 heavy (non-hydrogen) atoms. The molecule has 3 aromatic rings. The molecule has 0 aliphatic heterocycles. The number of hydrogen-bond acceptors (Lipinski definition) is 5. The van der Waals surface area contributed by atoms with Gasteiger partial charge in [0.15, 0.2) is 5.01 Å². The molecule has 0 atom stereocenters. The quantitative estimate of drug-likeness (QED) is 0.719. The number of nitrogens with one attached hydrogen (secondary N) is 1. The van der Waals surface area contributed by atoms with Gasteiger partial charge < -0.3 is 0 Å². The topological polar surface area (TPSA) is 78.7 Å². The molecule has 0 saturated carbocycles. The fraction of sp³-hybridized carbons (Fsp3) is 0.0526. The minimum absolute atomic E-state index is 0.260. The molecular weight excluding hydrogens is 332 g/mol. The molecule has 6 heteroatoms. The maximum absolute atomic E-state index is 12.1. The minimum Gasteiger partial charge on any atom is -0.296 e. The second kappa shape index (κ2) is 7.51. The van der Waals surface area contributed by atoms with Gasteiger partial charge in [0, 0.05) is 5.56 Å². The number of anilines is 1. The zero-order valence-corrected chi connectivity index (χ0v) is 14.2. The summed E-state index contributed by atoms with van der Waals surface area (Å²) in [5.41, 5.74) is 2.97. The number of nitrogens with zero attached hydrogens (tertiary/aromatic N) is 3. The highest BCUT2D eigenvalue weighted by atomic mass is 32.1. The van der Waals surface area contributed by atoms with Crippen LogP contribution in [0.25, 0.3) is 11.6 Å². The lowest BCUT2D eigenvalue weighted by molar-refractivity contribution is 0.102. The molecule has 0 aliphatic rings. The van der Waals surface area contributed by atoms with Gasteiger partial charge in [0.1, 0.15) is 6.07 Å². The molecule has 0 saturated heterocycles. The van der Waals surface area contributed by atoms with Crippen LogP contribution in [0.3, 0.4) is 0 Å². The average molecular weight is 346 g/mol. The predicted molar refractivity (Wildman–Crippen MR) is 99.0 cm³/mol. The van der Waals surface area contributed by atoms with Crippen molar-refractivity contribution in [2.75, 3.05) is 5.32 Å². The molecule has 122 valence electrons. The van der Waals surface area contributed by atoms with Crippen molar-refractivity contribution in [3.63, 3.8) is 0 Å². The van der Waals surface area contributed by atoms with Crippen molar-refractivity contribution in [3.8, 4) is 6.07 Å². The van der Waals surface area contributed by atoms with Crippen LogP contribution in [0.5, 0.6) is 0 Å². The third-order valence-corrected chi connectivity index (χ3v) is 4.26. The predicted octanol–water partition coefficient (Wildman–Crippen LogP) is 4.16. The fourth-order valence-electron chi connectivity index (χ4n) is 2.21. The summed E-state index contributed by atoms with van der Waals surface area (Å²) in [6.45, 7) is 1.99. The molecular formula is C19H14N4OS.